The first-order chi connectivity index (χ1) is 11.4. The van der Waals surface area contributed by atoms with Crippen molar-refractivity contribution in [2.45, 2.75) is 40.3 Å². The number of carbonyl (C=O) groups is 1. The number of likely N-dealkylation sites (N-methyl/N-ethyl adjacent to an activating group) is 1. The van der Waals surface area contributed by atoms with E-state index in [-0.39, 0.29) is 12.1 Å². The Morgan fingerprint density at radius 2 is 2.00 bits per heavy atom. The summed E-state index contributed by atoms with van der Waals surface area (Å²) < 4.78 is 13.4. The molecule has 0 spiro atoms. The number of aromatic nitrogens is 1. The van der Waals surface area contributed by atoms with Gasteiger partial charge in [-0.15, -0.1) is 0 Å². The van der Waals surface area contributed by atoms with Crippen molar-refractivity contribution < 1.29 is 14.3 Å². The molecule has 132 valence electrons. The Hall–Kier alpha value is -2.01. The fourth-order valence-electron chi connectivity index (χ4n) is 3.19. The maximum atomic E-state index is 12.4. The second-order valence-electron chi connectivity index (χ2n) is 6.29. The van der Waals surface area contributed by atoms with Crippen molar-refractivity contribution in [3.8, 4) is 5.75 Å². The Morgan fingerprint density at radius 3 is 2.58 bits per heavy atom. The molecule has 5 nitrogen and oxygen atoms in total. The molecule has 1 aromatic carbocycles. The average molecular weight is 332 g/mol. The van der Waals surface area contributed by atoms with Gasteiger partial charge in [-0.05, 0) is 60.0 Å². The van der Waals surface area contributed by atoms with Gasteiger partial charge in [-0.1, -0.05) is 0 Å². The summed E-state index contributed by atoms with van der Waals surface area (Å²) in [5.74, 6) is 0.501. The molecule has 24 heavy (non-hydrogen) atoms. The summed E-state index contributed by atoms with van der Waals surface area (Å²) in [6.45, 7) is 9.91. The zero-order valence-corrected chi connectivity index (χ0v) is 15.5. The molecule has 0 radical (unpaired) electrons. The summed E-state index contributed by atoms with van der Waals surface area (Å²) in [6, 6.07) is 5.94. The molecule has 1 unspecified atom stereocenters. The Labute approximate surface area is 144 Å². The molecule has 0 saturated carbocycles. The molecule has 5 heteroatoms. The summed E-state index contributed by atoms with van der Waals surface area (Å²) in [5.41, 5.74) is 2.61. The fourth-order valence-corrected chi connectivity index (χ4v) is 3.19. The summed E-state index contributed by atoms with van der Waals surface area (Å²) in [5, 5.41) is 0.891. The fraction of sp³-hybridized carbons (Fsp3) is 0.526. The second-order valence-corrected chi connectivity index (χ2v) is 6.29. The Balaban J connectivity index is 2.46. The van der Waals surface area contributed by atoms with Crippen LogP contribution in [0.1, 0.15) is 36.8 Å². The number of benzene rings is 1. The quantitative estimate of drug-likeness (QED) is 0.728. The first kappa shape index (κ1) is 18.3. The van der Waals surface area contributed by atoms with E-state index in [2.05, 4.69) is 16.4 Å². The topological polar surface area (TPSA) is 43.7 Å². The third-order valence-corrected chi connectivity index (χ3v) is 4.05. The Morgan fingerprint density at radius 1 is 1.29 bits per heavy atom. The normalized spacial score (nSPS) is 12.6. The number of fused-ring (bicyclic) bond motifs is 1. The molecule has 2 rings (SSSR count). The molecule has 1 aromatic heterocycles. The lowest BCUT2D eigenvalue weighted by molar-refractivity contribution is 0.0527. The molecule has 0 aliphatic heterocycles. The van der Waals surface area contributed by atoms with Gasteiger partial charge in [0.15, 0.2) is 0 Å². The lowest BCUT2D eigenvalue weighted by Crippen LogP contribution is -2.27. The number of esters is 1. The lowest BCUT2D eigenvalue weighted by Gasteiger charge is -2.18. The standard InChI is InChI=1S/C19H28N2O3/c1-7-21-14(4)18(19(22)23-8-2)16-11-15(9-10-17(16)21)24-13(3)12-20(5)6/h9-11,13H,7-8,12H2,1-6H3. The second kappa shape index (κ2) is 7.71. The third-order valence-electron chi connectivity index (χ3n) is 4.05. The van der Waals surface area contributed by atoms with E-state index in [0.29, 0.717) is 12.2 Å². The molecule has 0 amide bonds. The van der Waals surface area contributed by atoms with Crippen LogP contribution in [0.15, 0.2) is 18.2 Å². The monoisotopic (exact) mass is 332 g/mol. The van der Waals surface area contributed by atoms with Crippen molar-refractivity contribution in [2.75, 3.05) is 27.2 Å². The van der Waals surface area contributed by atoms with Crippen LogP contribution < -0.4 is 4.74 Å². The van der Waals surface area contributed by atoms with Gasteiger partial charge in [0.2, 0.25) is 0 Å². The SMILES string of the molecule is CCOC(=O)c1c(C)n(CC)c2ccc(OC(C)CN(C)C)cc12. The number of ether oxygens (including phenoxy) is 2. The number of aryl methyl sites for hydroxylation is 1. The van der Waals surface area contributed by atoms with Crippen LogP contribution in [-0.4, -0.2) is 48.8 Å². The molecule has 1 heterocycles. The maximum Gasteiger partial charge on any atom is 0.340 e. The molecular weight excluding hydrogens is 304 g/mol. The van der Waals surface area contributed by atoms with E-state index in [0.717, 1.165) is 35.4 Å². The van der Waals surface area contributed by atoms with Crippen LogP contribution in [0.25, 0.3) is 10.9 Å². The zero-order chi connectivity index (χ0) is 17.9. The van der Waals surface area contributed by atoms with Crippen LogP contribution in [0, 0.1) is 6.92 Å². The van der Waals surface area contributed by atoms with E-state index < -0.39 is 0 Å². The number of rotatable bonds is 7. The molecule has 1 atom stereocenters. The predicted molar refractivity (Wildman–Crippen MR) is 96.9 cm³/mol. The first-order valence-corrected chi connectivity index (χ1v) is 8.50. The van der Waals surface area contributed by atoms with E-state index >= 15 is 0 Å². The van der Waals surface area contributed by atoms with Crippen LogP contribution in [0.2, 0.25) is 0 Å². The summed E-state index contributed by atoms with van der Waals surface area (Å²) in [7, 11) is 4.04. The highest BCUT2D eigenvalue weighted by Crippen LogP contribution is 2.30. The average Bonchev–Trinajstić information content (AvgIpc) is 2.77. The highest BCUT2D eigenvalue weighted by atomic mass is 16.5. The molecule has 0 aliphatic rings. The zero-order valence-electron chi connectivity index (χ0n) is 15.5. The van der Waals surface area contributed by atoms with E-state index in [9.17, 15) is 4.79 Å². The molecule has 0 saturated heterocycles. The van der Waals surface area contributed by atoms with E-state index in [1.165, 1.54) is 0 Å². The van der Waals surface area contributed by atoms with E-state index in [4.69, 9.17) is 9.47 Å². The molecule has 2 aromatic rings. The molecule has 0 fully saturated rings. The maximum absolute atomic E-state index is 12.4. The molecule has 0 N–H and O–H groups in total. The van der Waals surface area contributed by atoms with Gasteiger partial charge in [0.05, 0.1) is 12.2 Å². The van der Waals surface area contributed by atoms with Crippen molar-refractivity contribution in [1.29, 1.82) is 0 Å². The summed E-state index contributed by atoms with van der Waals surface area (Å²) >= 11 is 0. The van der Waals surface area contributed by atoms with E-state index in [1.54, 1.807) is 0 Å². The number of carbonyl (C=O) groups excluding carboxylic acids is 1. The van der Waals surface area contributed by atoms with Crippen LogP contribution >= 0.6 is 0 Å². The van der Waals surface area contributed by atoms with Gasteiger partial charge in [-0.2, -0.15) is 0 Å². The highest BCUT2D eigenvalue weighted by molar-refractivity contribution is 6.06. The van der Waals surface area contributed by atoms with Gasteiger partial charge in [0.25, 0.3) is 0 Å². The van der Waals surface area contributed by atoms with Gasteiger partial charge in [0, 0.05) is 29.7 Å². The predicted octanol–water partition coefficient (Wildman–Crippen LogP) is 3.48. The number of nitrogens with zero attached hydrogens (tertiary/aromatic N) is 2. The number of hydrogen-bond acceptors (Lipinski definition) is 4. The van der Waals surface area contributed by atoms with Crippen LogP contribution in [0.3, 0.4) is 0 Å². The minimum Gasteiger partial charge on any atom is -0.489 e. The van der Waals surface area contributed by atoms with Crippen LogP contribution in [0.4, 0.5) is 0 Å². The molecular formula is C19H28N2O3. The van der Waals surface area contributed by atoms with Crippen molar-refractivity contribution in [3.63, 3.8) is 0 Å². The third kappa shape index (κ3) is 3.73. The smallest absolute Gasteiger partial charge is 0.340 e. The summed E-state index contributed by atoms with van der Waals surface area (Å²) in [4.78, 5) is 14.5. The van der Waals surface area contributed by atoms with Gasteiger partial charge < -0.3 is 18.9 Å². The molecule has 0 bridgehead atoms. The molecule has 0 aliphatic carbocycles. The van der Waals surface area contributed by atoms with Crippen molar-refractivity contribution >= 4 is 16.9 Å². The largest absolute Gasteiger partial charge is 0.489 e. The van der Waals surface area contributed by atoms with Gasteiger partial charge in [-0.25, -0.2) is 4.79 Å². The Bertz CT molecular complexity index is 719. The lowest BCUT2D eigenvalue weighted by atomic mass is 10.1. The highest BCUT2D eigenvalue weighted by Gasteiger charge is 2.21. The van der Waals surface area contributed by atoms with Gasteiger partial charge in [-0.3, -0.25) is 0 Å². The Kier molecular flexibility index (Phi) is 5.89. The minimum atomic E-state index is -0.273. The van der Waals surface area contributed by atoms with Gasteiger partial charge in [0.1, 0.15) is 11.9 Å². The van der Waals surface area contributed by atoms with Crippen molar-refractivity contribution in [1.82, 2.24) is 9.47 Å². The van der Waals surface area contributed by atoms with Crippen LogP contribution in [-0.2, 0) is 11.3 Å². The first-order valence-electron chi connectivity index (χ1n) is 8.50. The van der Waals surface area contributed by atoms with E-state index in [1.807, 2.05) is 53.1 Å². The van der Waals surface area contributed by atoms with Crippen molar-refractivity contribution in [3.05, 3.63) is 29.5 Å². The van der Waals surface area contributed by atoms with Gasteiger partial charge >= 0.3 is 5.97 Å². The van der Waals surface area contributed by atoms with Crippen molar-refractivity contribution in [2.24, 2.45) is 0 Å². The number of hydrogen-bond donors (Lipinski definition) is 0. The summed E-state index contributed by atoms with van der Waals surface area (Å²) in [6.07, 6.45) is 0.0675. The van der Waals surface area contributed by atoms with Crippen LogP contribution in [0.5, 0.6) is 5.75 Å². The minimum absolute atomic E-state index is 0.0675.